The van der Waals surface area contributed by atoms with Crippen LogP contribution in [0.4, 0.5) is 5.69 Å². The zero-order valence-electron chi connectivity index (χ0n) is 18.8. The molecule has 0 heterocycles. The van der Waals surface area contributed by atoms with Gasteiger partial charge < -0.3 is 19.9 Å². The third-order valence-electron chi connectivity index (χ3n) is 5.06. The van der Waals surface area contributed by atoms with E-state index in [0.717, 1.165) is 29.4 Å². The summed E-state index contributed by atoms with van der Waals surface area (Å²) in [4.78, 5) is 23.5. The van der Waals surface area contributed by atoms with Gasteiger partial charge in [0.05, 0.1) is 13.7 Å². The first-order valence-corrected chi connectivity index (χ1v) is 10.2. The molecule has 2 rings (SSSR count). The summed E-state index contributed by atoms with van der Waals surface area (Å²) in [5.74, 6) is 0.222. The highest BCUT2D eigenvalue weighted by Gasteiger charge is 2.27. The fourth-order valence-electron chi connectivity index (χ4n) is 3.06. The van der Waals surface area contributed by atoms with Crippen LogP contribution < -0.4 is 14.8 Å². The molecule has 0 aliphatic rings. The molecule has 2 N–H and O–H groups in total. The molecule has 0 aromatic heterocycles. The SMILES string of the molecule is COc1cc(NC(=O)C(C)(C)CCCOc2cc(C)ccc2C)ccc1C=CC(=O)O. The van der Waals surface area contributed by atoms with Crippen molar-refractivity contribution in [2.24, 2.45) is 5.41 Å². The van der Waals surface area contributed by atoms with Gasteiger partial charge in [0, 0.05) is 28.8 Å². The van der Waals surface area contributed by atoms with Gasteiger partial charge in [-0.3, -0.25) is 4.79 Å². The van der Waals surface area contributed by atoms with Gasteiger partial charge in [0.25, 0.3) is 0 Å². The van der Waals surface area contributed by atoms with Gasteiger partial charge in [-0.15, -0.1) is 0 Å². The Kier molecular flexibility index (Phi) is 8.25. The van der Waals surface area contributed by atoms with Crippen LogP contribution in [0.25, 0.3) is 6.08 Å². The second kappa shape index (κ2) is 10.7. The summed E-state index contributed by atoms with van der Waals surface area (Å²) < 4.78 is 11.2. The number of carboxylic acid groups (broad SMARTS) is 1. The van der Waals surface area contributed by atoms with Gasteiger partial charge in [0.15, 0.2) is 0 Å². The van der Waals surface area contributed by atoms with Crippen molar-refractivity contribution in [3.63, 3.8) is 0 Å². The highest BCUT2D eigenvalue weighted by atomic mass is 16.5. The number of benzene rings is 2. The molecule has 2 aromatic carbocycles. The largest absolute Gasteiger partial charge is 0.496 e. The van der Waals surface area contributed by atoms with Gasteiger partial charge in [-0.05, 0) is 62.1 Å². The van der Waals surface area contributed by atoms with E-state index in [0.29, 0.717) is 30.0 Å². The van der Waals surface area contributed by atoms with E-state index in [-0.39, 0.29) is 5.91 Å². The van der Waals surface area contributed by atoms with Crippen molar-refractivity contribution < 1.29 is 24.2 Å². The van der Waals surface area contributed by atoms with Crippen LogP contribution in [0.2, 0.25) is 0 Å². The minimum Gasteiger partial charge on any atom is -0.496 e. The number of rotatable bonds is 10. The number of aliphatic carboxylic acids is 1. The van der Waals surface area contributed by atoms with Gasteiger partial charge in [-0.25, -0.2) is 4.79 Å². The minimum absolute atomic E-state index is 0.102. The number of carbonyl (C=O) groups is 2. The number of methoxy groups -OCH3 is 1. The van der Waals surface area contributed by atoms with Gasteiger partial charge in [-0.1, -0.05) is 26.0 Å². The fourth-order valence-corrected chi connectivity index (χ4v) is 3.06. The van der Waals surface area contributed by atoms with E-state index in [9.17, 15) is 9.59 Å². The highest BCUT2D eigenvalue weighted by Crippen LogP contribution is 2.28. The molecule has 0 radical (unpaired) electrons. The third-order valence-corrected chi connectivity index (χ3v) is 5.06. The quantitative estimate of drug-likeness (QED) is 0.402. The molecule has 0 spiro atoms. The van der Waals surface area contributed by atoms with Crippen molar-refractivity contribution in [2.75, 3.05) is 19.0 Å². The first-order chi connectivity index (χ1) is 14.6. The van der Waals surface area contributed by atoms with Crippen molar-refractivity contribution >= 4 is 23.6 Å². The van der Waals surface area contributed by atoms with Crippen LogP contribution in [0, 0.1) is 19.3 Å². The predicted octanol–water partition coefficient (Wildman–Crippen LogP) is 5.23. The molecule has 0 atom stereocenters. The molecule has 0 saturated heterocycles. The van der Waals surface area contributed by atoms with E-state index in [1.165, 1.54) is 13.2 Å². The third kappa shape index (κ3) is 7.17. The van der Waals surface area contributed by atoms with Gasteiger partial charge in [0.2, 0.25) is 5.91 Å². The van der Waals surface area contributed by atoms with Crippen molar-refractivity contribution in [1.82, 2.24) is 0 Å². The second-order valence-corrected chi connectivity index (χ2v) is 8.19. The van der Waals surface area contributed by atoms with E-state index >= 15 is 0 Å². The number of nitrogens with one attached hydrogen (secondary N) is 1. The Morgan fingerprint density at radius 2 is 1.84 bits per heavy atom. The predicted molar refractivity (Wildman–Crippen MR) is 123 cm³/mol. The van der Waals surface area contributed by atoms with E-state index in [2.05, 4.69) is 11.4 Å². The Bertz CT molecular complexity index is 962. The molecule has 0 bridgehead atoms. The molecule has 6 heteroatoms. The number of hydrogen-bond donors (Lipinski definition) is 2. The van der Waals surface area contributed by atoms with Crippen LogP contribution in [-0.4, -0.2) is 30.7 Å². The van der Waals surface area contributed by atoms with Crippen LogP contribution >= 0.6 is 0 Å². The maximum absolute atomic E-state index is 12.8. The first kappa shape index (κ1) is 24.0. The highest BCUT2D eigenvalue weighted by molar-refractivity contribution is 5.95. The monoisotopic (exact) mass is 425 g/mol. The summed E-state index contributed by atoms with van der Waals surface area (Å²) >= 11 is 0. The Morgan fingerprint density at radius 1 is 1.10 bits per heavy atom. The number of ether oxygens (including phenoxy) is 2. The lowest BCUT2D eigenvalue weighted by atomic mass is 9.87. The molecule has 6 nitrogen and oxygen atoms in total. The fraction of sp³-hybridized carbons (Fsp3) is 0.360. The Hall–Kier alpha value is -3.28. The van der Waals surface area contributed by atoms with E-state index in [1.807, 2.05) is 39.8 Å². The van der Waals surface area contributed by atoms with E-state index < -0.39 is 11.4 Å². The molecule has 2 aromatic rings. The molecule has 0 fully saturated rings. The molecular weight excluding hydrogens is 394 g/mol. The molecule has 0 unspecified atom stereocenters. The first-order valence-electron chi connectivity index (χ1n) is 10.2. The lowest BCUT2D eigenvalue weighted by molar-refractivity contribution is -0.131. The van der Waals surface area contributed by atoms with Crippen LogP contribution in [0.5, 0.6) is 11.5 Å². The van der Waals surface area contributed by atoms with Crippen LogP contribution in [0.1, 0.15) is 43.4 Å². The summed E-state index contributed by atoms with van der Waals surface area (Å²) in [6.07, 6.45) is 3.91. The van der Waals surface area contributed by atoms with Crippen molar-refractivity contribution in [3.8, 4) is 11.5 Å². The number of anilines is 1. The number of carboxylic acids is 1. The molecule has 0 saturated carbocycles. The summed E-state index contributed by atoms with van der Waals surface area (Å²) in [7, 11) is 1.50. The minimum atomic E-state index is -1.04. The average Bonchev–Trinajstić information content (AvgIpc) is 2.72. The normalized spacial score (nSPS) is 11.4. The average molecular weight is 426 g/mol. The van der Waals surface area contributed by atoms with E-state index in [4.69, 9.17) is 14.6 Å². The maximum Gasteiger partial charge on any atom is 0.328 e. The summed E-state index contributed by atoms with van der Waals surface area (Å²) in [5.41, 5.74) is 2.87. The second-order valence-electron chi connectivity index (χ2n) is 8.19. The zero-order valence-corrected chi connectivity index (χ0v) is 18.8. The number of amides is 1. The van der Waals surface area contributed by atoms with Crippen LogP contribution in [-0.2, 0) is 9.59 Å². The summed E-state index contributed by atoms with van der Waals surface area (Å²) in [6.45, 7) is 8.40. The summed E-state index contributed by atoms with van der Waals surface area (Å²) in [6, 6.07) is 11.2. The van der Waals surface area contributed by atoms with E-state index in [1.54, 1.807) is 18.2 Å². The Balaban J connectivity index is 1.94. The zero-order chi connectivity index (χ0) is 23.0. The lowest BCUT2D eigenvalue weighted by Gasteiger charge is -2.24. The molecule has 1 amide bonds. The van der Waals surface area contributed by atoms with Gasteiger partial charge in [0.1, 0.15) is 11.5 Å². The molecular formula is C25H31NO5. The summed E-state index contributed by atoms with van der Waals surface area (Å²) in [5, 5.41) is 11.7. The van der Waals surface area contributed by atoms with Gasteiger partial charge >= 0.3 is 5.97 Å². The molecule has 166 valence electrons. The topological polar surface area (TPSA) is 84.9 Å². The molecule has 31 heavy (non-hydrogen) atoms. The number of aryl methyl sites for hydroxylation is 2. The van der Waals surface area contributed by atoms with Crippen molar-refractivity contribution in [1.29, 1.82) is 0 Å². The van der Waals surface area contributed by atoms with Crippen molar-refractivity contribution in [3.05, 3.63) is 59.2 Å². The molecule has 0 aliphatic heterocycles. The lowest BCUT2D eigenvalue weighted by Crippen LogP contribution is -2.31. The molecule has 0 aliphatic carbocycles. The maximum atomic E-state index is 12.8. The van der Waals surface area contributed by atoms with Crippen molar-refractivity contribution in [2.45, 2.75) is 40.5 Å². The Labute approximate surface area is 183 Å². The van der Waals surface area contributed by atoms with Crippen LogP contribution in [0.3, 0.4) is 0 Å². The standard InChI is InChI=1S/C25H31NO5/c1-17-7-8-18(2)21(15-17)31-14-6-13-25(3,4)24(29)26-20-11-9-19(10-12-23(27)28)22(16-20)30-5/h7-12,15-16H,6,13-14H2,1-5H3,(H,26,29)(H,27,28). The van der Waals surface area contributed by atoms with Crippen LogP contribution in [0.15, 0.2) is 42.5 Å². The number of hydrogen-bond acceptors (Lipinski definition) is 4. The smallest absolute Gasteiger partial charge is 0.328 e. The number of carbonyl (C=O) groups excluding carboxylic acids is 1. The van der Waals surface area contributed by atoms with Gasteiger partial charge in [-0.2, -0.15) is 0 Å². The Morgan fingerprint density at radius 3 is 2.52 bits per heavy atom.